The van der Waals surface area contributed by atoms with E-state index in [-0.39, 0.29) is 18.1 Å². The van der Waals surface area contributed by atoms with Crippen molar-refractivity contribution >= 4 is 11.8 Å². The molecule has 30 heavy (non-hydrogen) atoms. The molecule has 0 radical (unpaired) electrons. The highest BCUT2D eigenvalue weighted by atomic mass is 32.2. The number of nitrogens with zero attached hydrogens (tertiary/aromatic N) is 4. The van der Waals surface area contributed by atoms with Crippen molar-refractivity contribution in [3.05, 3.63) is 70.0 Å². The predicted octanol–water partition coefficient (Wildman–Crippen LogP) is 3.71. The van der Waals surface area contributed by atoms with E-state index in [0.29, 0.717) is 28.0 Å². The van der Waals surface area contributed by atoms with E-state index in [1.165, 1.54) is 18.9 Å². The van der Waals surface area contributed by atoms with Gasteiger partial charge in [-0.1, -0.05) is 41.9 Å². The summed E-state index contributed by atoms with van der Waals surface area (Å²) in [5, 5.41) is 19.8. The Labute approximate surface area is 178 Å². The molecule has 0 N–H and O–H groups in total. The Bertz CT molecular complexity index is 1060. The number of terminal acetylenes is 1. The van der Waals surface area contributed by atoms with Crippen molar-refractivity contribution in [2.24, 2.45) is 0 Å². The number of rotatable bonds is 9. The van der Waals surface area contributed by atoms with E-state index in [9.17, 15) is 10.1 Å². The number of aromatic nitrogens is 3. The first kappa shape index (κ1) is 21.2. The molecule has 0 aliphatic carbocycles. The number of hydrogen-bond acceptors (Lipinski definition) is 7. The maximum atomic E-state index is 11.4. The van der Waals surface area contributed by atoms with Gasteiger partial charge in [0.2, 0.25) is 6.54 Å². The summed E-state index contributed by atoms with van der Waals surface area (Å²) in [5.41, 5.74) is 1.60. The van der Waals surface area contributed by atoms with Gasteiger partial charge in [0.25, 0.3) is 0 Å². The molecule has 1 atom stereocenters. The Morgan fingerprint density at radius 2 is 2.00 bits per heavy atom. The molecular formula is C21H20N4O4S. The van der Waals surface area contributed by atoms with Gasteiger partial charge in [-0.25, -0.2) is 0 Å². The molecule has 2 aromatic carbocycles. The largest absolute Gasteiger partial charge is 0.493 e. The Kier molecular flexibility index (Phi) is 6.93. The van der Waals surface area contributed by atoms with Crippen LogP contribution in [0.5, 0.6) is 11.5 Å². The molecule has 3 rings (SSSR count). The maximum Gasteiger partial charge on any atom is 0.220 e. The summed E-state index contributed by atoms with van der Waals surface area (Å²) < 4.78 is 12.7. The number of benzene rings is 2. The van der Waals surface area contributed by atoms with Crippen LogP contribution in [-0.4, -0.2) is 39.9 Å². The van der Waals surface area contributed by atoms with Gasteiger partial charge < -0.3 is 9.47 Å². The van der Waals surface area contributed by atoms with Crippen LogP contribution < -0.4 is 9.47 Å². The lowest BCUT2D eigenvalue weighted by molar-refractivity contribution is -0.479. The third-order valence-corrected chi connectivity index (χ3v) is 5.42. The molecule has 0 unspecified atom stereocenters. The number of ether oxygens (including phenoxy) is 2. The molecule has 0 amide bonds. The van der Waals surface area contributed by atoms with Crippen molar-refractivity contribution in [3.8, 4) is 29.5 Å². The van der Waals surface area contributed by atoms with E-state index in [0.717, 1.165) is 5.69 Å². The lowest BCUT2D eigenvalue weighted by atomic mass is 10.1. The van der Waals surface area contributed by atoms with E-state index in [1.54, 1.807) is 18.2 Å². The fourth-order valence-corrected chi connectivity index (χ4v) is 4.05. The van der Waals surface area contributed by atoms with Crippen LogP contribution in [0.2, 0.25) is 0 Å². The third kappa shape index (κ3) is 4.90. The average Bonchev–Trinajstić information content (AvgIpc) is 3.11. The highest BCUT2D eigenvalue weighted by Crippen LogP contribution is 2.39. The van der Waals surface area contributed by atoms with Gasteiger partial charge in [0.15, 0.2) is 16.7 Å². The van der Waals surface area contributed by atoms with Crippen LogP contribution in [0.15, 0.2) is 53.7 Å². The summed E-state index contributed by atoms with van der Waals surface area (Å²) in [4.78, 5) is 11.0. The molecule has 0 fully saturated rings. The van der Waals surface area contributed by atoms with Crippen LogP contribution in [-0.2, 0) is 0 Å². The molecule has 9 heteroatoms. The van der Waals surface area contributed by atoms with Crippen LogP contribution >= 0.6 is 11.8 Å². The standard InChI is InChI=1S/C21H20N4O4S/c1-4-12-29-18-11-10-16(13-19(18)28-3)20(14-24(26)27)30-21-23-22-15(2)25(21)17-8-6-5-7-9-17/h1,5-11,13,20H,12,14H2,2-3H3/t20-/m0/s1. The Morgan fingerprint density at radius 1 is 1.23 bits per heavy atom. The molecule has 0 aliphatic heterocycles. The molecule has 0 spiro atoms. The van der Waals surface area contributed by atoms with Crippen LogP contribution in [0.4, 0.5) is 0 Å². The number of nitro groups is 1. The molecule has 3 aromatic rings. The van der Waals surface area contributed by atoms with Gasteiger partial charge in [-0.3, -0.25) is 14.7 Å². The first-order valence-electron chi connectivity index (χ1n) is 9.03. The van der Waals surface area contributed by atoms with Gasteiger partial charge >= 0.3 is 0 Å². The second kappa shape index (κ2) is 9.80. The topological polar surface area (TPSA) is 92.3 Å². The SMILES string of the molecule is C#CCOc1ccc([C@H](C[N+](=O)[O-])Sc2nnc(C)n2-c2ccccc2)cc1OC. The van der Waals surface area contributed by atoms with Crippen molar-refractivity contribution in [1.29, 1.82) is 0 Å². The average molecular weight is 424 g/mol. The second-order valence-electron chi connectivity index (χ2n) is 6.23. The van der Waals surface area contributed by atoms with Crippen LogP contribution in [0, 0.1) is 29.4 Å². The summed E-state index contributed by atoms with van der Waals surface area (Å²) >= 11 is 1.27. The summed E-state index contributed by atoms with van der Waals surface area (Å²) in [6.07, 6.45) is 5.24. The molecule has 0 saturated carbocycles. The van der Waals surface area contributed by atoms with Gasteiger partial charge in [0, 0.05) is 10.6 Å². The van der Waals surface area contributed by atoms with Crippen LogP contribution in [0.1, 0.15) is 16.6 Å². The Hall–Kier alpha value is -3.51. The van der Waals surface area contributed by atoms with Crippen LogP contribution in [0.25, 0.3) is 5.69 Å². The smallest absolute Gasteiger partial charge is 0.220 e. The fraction of sp³-hybridized carbons (Fsp3) is 0.238. The highest BCUT2D eigenvalue weighted by Gasteiger charge is 2.25. The van der Waals surface area contributed by atoms with Crippen molar-refractivity contribution in [2.75, 3.05) is 20.3 Å². The molecule has 0 aliphatic rings. The lowest BCUT2D eigenvalue weighted by Crippen LogP contribution is -2.11. The van der Waals surface area contributed by atoms with Gasteiger partial charge in [0.1, 0.15) is 17.7 Å². The summed E-state index contributed by atoms with van der Waals surface area (Å²) in [7, 11) is 1.51. The summed E-state index contributed by atoms with van der Waals surface area (Å²) in [6, 6.07) is 14.8. The van der Waals surface area contributed by atoms with E-state index >= 15 is 0 Å². The quantitative estimate of drug-likeness (QED) is 0.224. The van der Waals surface area contributed by atoms with E-state index in [1.807, 2.05) is 41.8 Å². The summed E-state index contributed by atoms with van der Waals surface area (Å²) in [5.74, 6) is 4.03. The number of thioether (sulfide) groups is 1. The molecule has 8 nitrogen and oxygen atoms in total. The Morgan fingerprint density at radius 3 is 2.67 bits per heavy atom. The van der Waals surface area contributed by atoms with Crippen molar-refractivity contribution in [2.45, 2.75) is 17.3 Å². The minimum absolute atomic E-state index is 0.0994. The Balaban J connectivity index is 1.96. The molecule has 0 bridgehead atoms. The zero-order valence-corrected chi connectivity index (χ0v) is 17.3. The van der Waals surface area contributed by atoms with Crippen LogP contribution in [0.3, 0.4) is 0 Å². The molecular weight excluding hydrogens is 404 g/mol. The predicted molar refractivity (Wildman–Crippen MR) is 114 cm³/mol. The van der Waals surface area contributed by atoms with E-state index in [4.69, 9.17) is 15.9 Å². The normalized spacial score (nSPS) is 11.5. The number of aryl methyl sites for hydroxylation is 1. The minimum atomic E-state index is -0.512. The zero-order valence-electron chi connectivity index (χ0n) is 16.5. The van der Waals surface area contributed by atoms with Crippen molar-refractivity contribution < 1.29 is 14.4 Å². The highest BCUT2D eigenvalue weighted by molar-refractivity contribution is 7.99. The molecule has 1 aromatic heterocycles. The molecule has 154 valence electrons. The zero-order chi connectivity index (χ0) is 21.5. The third-order valence-electron chi connectivity index (χ3n) is 4.24. The van der Waals surface area contributed by atoms with Crippen molar-refractivity contribution in [1.82, 2.24) is 14.8 Å². The van der Waals surface area contributed by atoms with Gasteiger partial charge in [-0.05, 0) is 36.8 Å². The van der Waals surface area contributed by atoms with E-state index < -0.39 is 5.25 Å². The van der Waals surface area contributed by atoms with Gasteiger partial charge in [0.05, 0.1) is 7.11 Å². The first-order chi connectivity index (χ1) is 14.5. The molecule has 0 saturated heterocycles. The second-order valence-corrected chi connectivity index (χ2v) is 7.40. The fourth-order valence-electron chi connectivity index (χ4n) is 2.89. The number of methoxy groups -OCH3 is 1. The van der Waals surface area contributed by atoms with Gasteiger partial charge in [-0.2, -0.15) is 0 Å². The lowest BCUT2D eigenvalue weighted by Gasteiger charge is -2.16. The minimum Gasteiger partial charge on any atom is -0.493 e. The monoisotopic (exact) mass is 424 g/mol. The van der Waals surface area contributed by atoms with Gasteiger partial charge in [-0.15, -0.1) is 16.6 Å². The molecule has 1 heterocycles. The number of para-hydroxylation sites is 1. The van der Waals surface area contributed by atoms with E-state index in [2.05, 4.69) is 16.1 Å². The number of hydrogen-bond donors (Lipinski definition) is 0. The first-order valence-corrected chi connectivity index (χ1v) is 9.91. The maximum absolute atomic E-state index is 11.4. The summed E-state index contributed by atoms with van der Waals surface area (Å²) in [6.45, 7) is 1.65. The van der Waals surface area contributed by atoms with Crippen molar-refractivity contribution in [3.63, 3.8) is 0 Å².